The lowest BCUT2D eigenvalue weighted by molar-refractivity contribution is 0.0643. The van der Waals surface area contributed by atoms with Gasteiger partial charge in [-0.25, -0.2) is 0 Å². The quantitative estimate of drug-likeness (QED) is 0.930. The molecule has 1 aliphatic rings. The number of benzene rings is 2. The van der Waals surface area contributed by atoms with Crippen LogP contribution in [0.4, 0.5) is 0 Å². The number of carbonyl (C=O) groups excluding carboxylic acids is 1. The number of ether oxygens (including phenoxy) is 1. The first-order chi connectivity index (χ1) is 9.84. The fourth-order valence-corrected chi connectivity index (χ4v) is 2.71. The van der Waals surface area contributed by atoms with Crippen molar-refractivity contribution in [2.45, 2.75) is 12.8 Å². The van der Waals surface area contributed by atoms with E-state index >= 15 is 0 Å². The molecule has 3 rings (SSSR count). The van der Waals surface area contributed by atoms with Gasteiger partial charge >= 0.3 is 0 Å². The molecule has 2 aromatic rings. The number of amides is 1. The number of rotatable bonds is 3. The van der Waals surface area contributed by atoms with E-state index in [0.717, 1.165) is 48.9 Å². The molecule has 0 bridgehead atoms. The van der Waals surface area contributed by atoms with E-state index in [1.807, 2.05) is 42.5 Å². The first-order valence-electron chi connectivity index (χ1n) is 7.18. The fourth-order valence-electron chi connectivity index (χ4n) is 2.71. The van der Waals surface area contributed by atoms with Gasteiger partial charge in [0, 0.05) is 25.3 Å². The standard InChI is InChI=1S/C17H19NO2/c19-17(18-12-13-8-10-20-11-9-13)16-7-3-5-14-4-1-2-6-15(14)16/h1-7,13H,8-12H2,(H,18,19). The van der Waals surface area contributed by atoms with Crippen LogP contribution in [0.15, 0.2) is 42.5 Å². The molecule has 104 valence electrons. The van der Waals surface area contributed by atoms with Crippen LogP contribution in [0.25, 0.3) is 10.8 Å². The van der Waals surface area contributed by atoms with Gasteiger partial charge in [-0.1, -0.05) is 36.4 Å². The van der Waals surface area contributed by atoms with Crippen molar-refractivity contribution < 1.29 is 9.53 Å². The molecule has 1 N–H and O–H groups in total. The fraction of sp³-hybridized carbons (Fsp3) is 0.353. The van der Waals surface area contributed by atoms with Crippen LogP contribution in [0.3, 0.4) is 0 Å². The zero-order valence-corrected chi connectivity index (χ0v) is 11.5. The molecule has 1 amide bonds. The van der Waals surface area contributed by atoms with Crippen LogP contribution in [0.1, 0.15) is 23.2 Å². The van der Waals surface area contributed by atoms with Crippen LogP contribution in [0.2, 0.25) is 0 Å². The average molecular weight is 269 g/mol. The summed E-state index contributed by atoms with van der Waals surface area (Å²) in [7, 11) is 0. The molecule has 0 unspecified atom stereocenters. The maximum atomic E-state index is 12.4. The first kappa shape index (κ1) is 13.1. The van der Waals surface area contributed by atoms with E-state index in [-0.39, 0.29) is 5.91 Å². The van der Waals surface area contributed by atoms with Gasteiger partial charge in [-0.3, -0.25) is 4.79 Å². The predicted molar refractivity (Wildman–Crippen MR) is 79.8 cm³/mol. The second kappa shape index (κ2) is 6.06. The maximum Gasteiger partial charge on any atom is 0.251 e. The Bertz CT molecular complexity index is 597. The summed E-state index contributed by atoms with van der Waals surface area (Å²) in [5.74, 6) is 0.566. The Morgan fingerprint density at radius 1 is 1.10 bits per heavy atom. The number of nitrogens with one attached hydrogen (secondary N) is 1. The van der Waals surface area contributed by atoms with Crippen molar-refractivity contribution in [3.8, 4) is 0 Å². The van der Waals surface area contributed by atoms with Gasteiger partial charge in [0.2, 0.25) is 0 Å². The van der Waals surface area contributed by atoms with E-state index in [9.17, 15) is 4.79 Å². The van der Waals surface area contributed by atoms with Crippen molar-refractivity contribution in [3.05, 3.63) is 48.0 Å². The van der Waals surface area contributed by atoms with E-state index in [2.05, 4.69) is 5.32 Å². The van der Waals surface area contributed by atoms with Gasteiger partial charge in [0.25, 0.3) is 5.91 Å². The molecule has 2 aromatic carbocycles. The SMILES string of the molecule is O=C(NCC1CCOCC1)c1cccc2ccccc12. The molecule has 0 spiro atoms. The molecular formula is C17H19NO2. The monoisotopic (exact) mass is 269 g/mol. The molecule has 3 nitrogen and oxygen atoms in total. The third-order valence-electron chi connectivity index (χ3n) is 3.93. The van der Waals surface area contributed by atoms with Crippen molar-refractivity contribution in [1.82, 2.24) is 5.32 Å². The van der Waals surface area contributed by atoms with Crippen molar-refractivity contribution in [2.24, 2.45) is 5.92 Å². The van der Waals surface area contributed by atoms with Crippen molar-refractivity contribution >= 4 is 16.7 Å². The third-order valence-corrected chi connectivity index (χ3v) is 3.93. The highest BCUT2D eigenvalue weighted by atomic mass is 16.5. The lowest BCUT2D eigenvalue weighted by Crippen LogP contribution is -2.32. The summed E-state index contributed by atoms with van der Waals surface area (Å²) < 4.78 is 5.34. The van der Waals surface area contributed by atoms with Crippen LogP contribution in [-0.4, -0.2) is 25.7 Å². The highest BCUT2D eigenvalue weighted by Crippen LogP contribution is 2.19. The Morgan fingerprint density at radius 3 is 2.70 bits per heavy atom. The molecule has 1 fully saturated rings. The molecular weight excluding hydrogens is 250 g/mol. The Morgan fingerprint density at radius 2 is 1.85 bits per heavy atom. The molecule has 0 aliphatic carbocycles. The number of hydrogen-bond acceptors (Lipinski definition) is 2. The summed E-state index contributed by atoms with van der Waals surface area (Å²) in [5.41, 5.74) is 0.759. The predicted octanol–water partition coefficient (Wildman–Crippen LogP) is 3.00. The largest absolute Gasteiger partial charge is 0.381 e. The first-order valence-corrected chi connectivity index (χ1v) is 7.18. The lowest BCUT2D eigenvalue weighted by Gasteiger charge is -2.22. The number of hydrogen-bond donors (Lipinski definition) is 1. The Hall–Kier alpha value is -1.87. The molecule has 1 heterocycles. The molecule has 0 aromatic heterocycles. The van der Waals surface area contributed by atoms with Gasteiger partial charge in [0.05, 0.1) is 0 Å². The Labute approximate surface area is 118 Å². The van der Waals surface area contributed by atoms with Crippen LogP contribution in [0.5, 0.6) is 0 Å². The average Bonchev–Trinajstić information content (AvgIpc) is 2.53. The highest BCUT2D eigenvalue weighted by Gasteiger charge is 2.16. The minimum absolute atomic E-state index is 0.0216. The molecule has 0 saturated carbocycles. The van der Waals surface area contributed by atoms with Gasteiger partial charge in [0.15, 0.2) is 0 Å². The van der Waals surface area contributed by atoms with Crippen molar-refractivity contribution in [1.29, 1.82) is 0 Å². The van der Waals surface area contributed by atoms with Crippen molar-refractivity contribution in [2.75, 3.05) is 19.8 Å². The van der Waals surface area contributed by atoms with Crippen LogP contribution in [0, 0.1) is 5.92 Å². The van der Waals surface area contributed by atoms with Gasteiger partial charge in [-0.05, 0) is 35.6 Å². The van der Waals surface area contributed by atoms with Crippen LogP contribution >= 0.6 is 0 Å². The Balaban J connectivity index is 1.72. The smallest absolute Gasteiger partial charge is 0.251 e. The van der Waals surface area contributed by atoms with Gasteiger partial charge in [-0.15, -0.1) is 0 Å². The summed E-state index contributed by atoms with van der Waals surface area (Å²) in [4.78, 5) is 12.4. The van der Waals surface area contributed by atoms with E-state index in [4.69, 9.17) is 4.74 Å². The molecule has 1 saturated heterocycles. The Kier molecular flexibility index (Phi) is 3.97. The lowest BCUT2D eigenvalue weighted by atomic mass is 10.00. The van der Waals surface area contributed by atoms with Crippen molar-refractivity contribution in [3.63, 3.8) is 0 Å². The second-order valence-corrected chi connectivity index (χ2v) is 5.29. The minimum Gasteiger partial charge on any atom is -0.381 e. The van der Waals surface area contributed by atoms with Gasteiger partial charge < -0.3 is 10.1 Å². The summed E-state index contributed by atoms with van der Waals surface area (Å²) in [6.07, 6.45) is 2.08. The normalized spacial score (nSPS) is 16.2. The molecule has 20 heavy (non-hydrogen) atoms. The minimum atomic E-state index is 0.0216. The summed E-state index contributed by atoms with van der Waals surface area (Å²) in [5, 5.41) is 5.18. The van der Waals surface area contributed by atoms with Crippen LogP contribution < -0.4 is 5.32 Å². The number of carbonyl (C=O) groups is 1. The highest BCUT2D eigenvalue weighted by molar-refractivity contribution is 6.06. The maximum absolute atomic E-state index is 12.4. The second-order valence-electron chi connectivity index (χ2n) is 5.29. The third kappa shape index (κ3) is 2.83. The van der Waals surface area contributed by atoms with E-state index in [0.29, 0.717) is 5.92 Å². The topological polar surface area (TPSA) is 38.3 Å². The zero-order valence-electron chi connectivity index (χ0n) is 11.5. The molecule has 1 aliphatic heterocycles. The van der Waals surface area contributed by atoms with E-state index in [1.54, 1.807) is 0 Å². The van der Waals surface area contributed by atoms with E-state index < -0.39 is 0 Å². The van der Waals surface area contributed by atoms with Gasteiger partial charge in [-0.2, -0.15) is 0 Å². The molecule has 0 radical (unpaired) electrons. The number of fused-ring (bicyclic) bond motifs is 1. The summed E-state index contributed by atoms with van der Waals surface area (Å²) >= 11 is 0. The van der Waals surface area contributed by atoms with Gasteiger partial charge in [0.1, 0.15) is 0 Å². The van der Waals surface area contributed by atoms with E-state index in [1.165, 1.54) is 0 Å². The molecule has 0 atom stereocenters. The van der Waals surface area contributed by atoms with Crippen LogP contribution in [-0.2, 0) is 4.74 Å². The zero-order chi connectivity index (χ0) is 13.8. The summed E-state index contributed by atoms with van der Waals surface area (Å²) in [6.45, 7) is 2.37. The summed E-state index contributed by atoms with van der Waals surface area (Å²) in [6, 6.07) is 13.9. The molecule has 3 heteroatoms.